The van der Waals surface area contributed by atoms with Gasteiger partial charge in [0.05, 0.1) is 11.7 Å². The van der Waals surface area contributed by atoms with Gasteiger partial charge in [-0.15, -0.1) is 0 Å². The Morgan fingerprint density at radius 2 is 1.86 bits per heavy atom. The summed E-state index contributed by atoms with van der Waals surface area (Å²) in [6.45, 7) is 7.95. The van der Waals surface area contributed by atoms with E-state index in [1.807, 2.05) is 6.07 Å². The number of nitrogens with zero attached hydrogens (tertiary/aromatic N) is 1. The van der Waals surface area contributed by atoms with Crippen molar-refractivity contribution in [1.82, 2.24) is 10.2 Å². The number of rotatable bonds is 3. The average molecular weight is 304 g/mol. The maximum atomic E-state index is 12.4. The highest BCUT2D eigenvalue weighted by molar-refractivity contribution is 5.90. The molecule has 1 aliphatic rings. The maximum absolute atomic E-state index is 12.4. The van der Waals surface area contributed by atoms with Gasteiger partial charge in [-0.05, 0) is 24.5 Å². The van der Waals surface area contributed by atoms with E-state index < -0.39 is 18.1 Å². The van der Waals surface area contributed by atoms with Gasteiger partial charge >= 0.3 is 5.97 Å². The third-order valence-corrected chi connectivity index (χ3v) is 3.93. The molecule has 0 bridgehead atoms. The Kier molecular flexibility index (Phi) is 4.56. The van der Waals surface area contributed by atoms with Gasteiger partial charge < -0.3 is 9.64 Å². The molecule has 0 saturated carbocycles. The molecule has 1 N–H and O–H groups in total. The zero-order valence-corrected chi connectivity index (χ0v) is 13.8. The average Bonchev–Trinajstić information content (AvgIpc) is 2.76. The minimum Gasteiger partial charge on any atom is -0.457 e. The first-order chi connectivity index (χ1) is 10.2. The number of likely N-dealkylation sites (N-methyl/N-ethyl adjacent to an activating group) is 1. The van der Waals surface area contributed by atoms with Crippen LogP contribution in [-0.2, 0) is 9.53 Å². The van der Waals surface area contributed by atoms with E-state index in [1.54, 1.807) is 43.1 Å². The van der Waals surface area contributed by atoms with Crippen LogP contribution in [0, 0.1) is 5.41 Å². The zero-order valence-electron chi connectivity index (χ0n) is 13.8. The van der Waals surface area contributed by atoms with Crippen LogP contribution in [0.15, 0.2) is 30.3 Å². The molecule has 1 amide bonds. The first kappa shape index (κ1) is 16.5. The number of carbonyl (C=O) groups is 2. The van der Waals surface area contributed by atoms with Crippen molar-refractivity contribution < 1.29 is 14.3 Å². The van der Waals surface area contributed by atoms with Gasteiger partial charge in [0, 0.05) is 7.05 Å². The third-order valence-electron chi connectivity index (χ3n) is 3.93. The second-order valence-electron chi connectivity index (χ2n) is 6.84. The van der Waals surface area contributed by atoms with Crippen LogP contribution in [0.5, 0.6) is 0 Å². The summed E-state index contributed by atoms with van der Waals surface area (Å²) in [5, 5.41) is 3.29. The van der Waals surface area contributed by atoms with E-state index in [1.165, 1.54) is 0 Å². The van der Waals surface area contributed by atoms with E-state index in [0.29, 0.717) is 5.56 Å². The third kappa shape index (κ3) is 3.30. The largest absolute Gasteiger partial charge is 0.457 e. The summed E-state index contributed by atoms with van der Waals surface area (Å²) in [5.74, 6) is -0.460. The highest BCUT2D eigenvalue weighted by atomic mass is 16.5. The van der Waals surface area contributed by atoms with Crippen molar-refractivity contribution in [3.05, 3.63) is 35.9 Å². The van der Waals surface area contributed by atoms with Gasteiger partial charge in [0.15, 0.2) is 0 Å². The Morgan fingerprint density at radius 3 is 2.36 bits per heavy atom. The summed E-state index contributed by atoms with van der Waals surface area (Å²) in [5.41, 5.74) is 0.392. The molecule has 0 spiro atoms. The molecular formula is C17H24N2O3. The molecule has 0 radical (unpaired) electrons. The lowest BCUT2D eigenvalue weighted by Crippen LogP contribution is -2.47. The Hall–Kier alpha value is -1.88. The van der Waals surface area contributed by atoms with E-state index in [9.17, 15) is 9.59 Å². The fourth-order valence-corrected chi connectivity index (χ4v) is 2.75. The van der Waals surface area contributed by atoms with Crippen LogP contribution in [0.3, 0.4) is 0 Å². The van der Waals surface area contributed by atoms with Crippen LogP contribution >= 0.6 is 0 Å². The first-order valence-corrected chi connectivity index (χ1v) is 7.50. The van der Waals surface area contributed by atoms with Gasteiger partial charge in [0.2, 0.25) is 5.91 Å². The van der Waals surface area contributed by atoms with Crippen molar-refractivity contribution in [1.29, 1.82) is 0 Å². The summed E-state index contributed by atoms with van der Waals surface area (Å²) >= 11 is 0. The van der Waals surface area contributed by atoms with Crippen molar-refractivity contribution in [3.63, 3.8) is 0 Å². The second kappa shape index (κ2) is 6.08. The van der Waals surface area contributed by atoms with Crippen LogP contribution in [0.25, 0.3) is 0 Å². The van der Waals surface area contributed by atoms with E-state index in [4.69, 9.17) is 4.74 Å². The second-order valence-corrected chi connectivity index (χ2v) is 6.84. The Labute approximate surface area is 131 Å². The molecule has 1 aromatic carbocycles. The van der Waals surface area contributed by atoms with Crippen molar-refractivity contribution in [3.8, 4) is 0 Å². The predicted molar refractivity (Wildman–Crippen MR) is 84.3 cm³/mol. The van der Waals surface area contributed by atoms with Gasteiger partial charge in [-0.3, -0.25) is 10.1 Å². The van der Waals surface area contributed by atoms with Crippen LogP contribution in [0.1, 0.15) is 38.1 Å². The molecule has 2 rings (SSSR count). The number of benzene rings is 1. The number of hydrogen-bond acceptors (Lipinski definition) is 4. The Bertz CT molecular complexity index is 551. The monoisotopic (exact) mass is 304 g/mol. The van der Waals surface area contributed by atoms with Crippen LogP contribution in [-0.4, -0.2) is 42.1 Å². The van der Waals surface area contributed by atoms with E-state index >= 15 is 0 Å². The van der Waals surface area contributed by atoms with E-state index in [2.05, 4.69) is 26.1 Å². The maximum Gasteiger partial charge on any atom is 0.338 e. The van der Waals surface area contributed by atoms with Crippen LogP contribution in [0.4, 0.5) is 0 Å². The quantitative estimate of drug-likeness (QED) is 0.868. The SMILES string of the molecule is C[C@@H](OC(=O)c1ccccc1)[C@@H]1N[C@@H](C(C)(C)C)N(C)C1=O. The molecule has 0 aliphatic carbocycles. The minimum absolute atomic E-state index is 0.0479. The predicted octanol–water partition coefficient (Wildman–Crippen LogP) is 2.03. The van der Waals surface area contributed by atoms with Crippen molar-refractivity contribution in [2.24, 2.45) is 5.41 Å². The fraction of sp³-hybridized carbons (Fsp3) is 0.529. The van der Waals surface area contributed by atoms with Gasteiger partial charge in [-0.25, -0.2) is 4.79 Å². The van der Waals surface area contributed by atoms with Crippen molar-refractivity contribution in [2.45, 2.75) is 46.0 Å². The molecule has 120 valence electrons. The fourth-order valence-electron chi connectivity index (χ4n) is 2.75. The lowest BCUT2D eigenvalue weighted by atomic mass is 9.92. The number of nitrogens with one attached hydrogen (secondary N) is 1. The van der Waals surface area contributed by atoms with Gasteiger partial charge in [-0.2, -0.15) is 0 Å². The van der Waals surface area contributed by atoms with Crippen LogP contribution in [0.2, 0.25) is 0 Å². The normalized spacial score (nSPS) is 23.5. The molecular weight excluding hydrogens is 280 g/mol. The Balaban J connectivity index is 2.06. The number of esters is 1. The molecule has 1 saturated heterocycles. The molecule has 1 aliphatic heterocycles. The molecule has 1 heterocycles. The molecule has 1 fully saturated rings. The molecule has 0 aromatic heterocycles. The van der Waals surface area contributed by atoms with Gasteiger partial charge in [0.1, 0.15) is 12.1 Å². The molecule has 1 aromatic rings. The minimum atomic E-state index is -0.532. The summed E-state index contributed by atoms with van der Waals surface area (Å²) in [4.78, 5) is 26.2. The van der Waals surface area contributed by atoms with Crippen molar-refractivity contribution in [2.75, 3.05) is 7.05 Å². The van der Waals surface area contributed by atoms with E-state index in [-0.39, 0.29) is 17.5 Å². The zero-order chi connectivity index (χ0) is 16.5. The Morgan fingerprint density at radius 1 is 1.27 bits per heavy atom. The summed E-state index contributed by atoms with van der Waals surface area (Å²) in [6.07, 6.45) is -0.613. The lowest BCUT2D eigenvalue weighted by Gasteiger charge is -2.32. The standard InChI is InChI=1S/C17H24N2O3/c1-11(22-15(21)12-9-7-6-8-10-12)13-14(20)19(5)16(18-13)17(2,3)4/h6-11,13,16,18H,1-5H3/t11-,13+,16-/m1/s1. The first-order valence-electron chi connectivity index (χ1n) is 7.50. The summed E-state index contributed by atoms with van der Waals surface area (Å²) in [7, 11) is 1.77. The lowest BCUT2D eigenvalue weighted by molar-refractivity contribution is -0.131. The van der Waals surface area contributed by atoms with E-state index in [0.717, 1.165) is 0 Å². The summed E-state index contributed by atoms with van der Waals surface area (Å²) in [6, 6.07) is 8.28. The highest BCUT2D eigenvalue weighted by Crippen LogP contribution is 2.27. The van der Waals surface area contributed by atoms with Gasteiger partial charge in [0.25, 0.3) is 0 Å². The molecule has 0 unspecified atom stereocenters. The highest BCUT2D eigenvalue weighted by Gasteiger charge is 2.45. The number of amides is 1. The molecule has 22 heavy (non-hydrogen) atoms. The topological polar surface area (TPSA) is 58.6 Å². The van der Waals surface area contributed by atoms with Crippen molar-refractivity contribution >= 4 is 11.9 Å². The molecule has 3 atom stereocenters. The smallest absolute Gasteiger partial charge is 0.338 e. The molecule has 5 nitrogen and oxygen atoms in total. The van der Waals surface area contributed by atoms with Gasteiger partial charge in [-0.1, -0.05) is 39.0 Å². The van der Waals surface area contributed by atoms with Crippen LogP contribution < -0.4 is 5.32 Å². The number of ether oxygens (including phenoxy) is 1. The summed E-state index contributed by atoms with van der Waals surface area (Å²) < 4.78 is 5.45. The molecule has 5 heteroatoms. The number of carbonyl (C=O) groups excluding carboxylic acids is 2. The number of hydrogen-bond donors (Lipinski definition) is 1.